The van der Waals surface area contributed by atoms with Crippen LogP contribution >= 0.6 is 0 Å². The molecule has 4 fully saturated rings. The highest BCUT2D eigenvalue weighted by atomic mass is 16.6. The average Bonchev–Trinajstić information content (AvgIpc) is 3.21. The molecule has 214 valence electrons. The molecular weight excluding hydrogens is 490 g/mol. The molecule has 1 aliphatic heterocycles. The summed E-state index contributed by atoms with van der Waals surface area (Å²) in [5.41, 5.74) is 2.62. The summed E-state index contributed by atoms with van der Waals surface area (Å²) in [6, 6.07) is 3.44. The van der Waals surface area contributed by atoms with Crippen molar-refractivity contribution in [3.8, 4) is 0 Å². The van der Waals surface area contributed by atoms with Gasteiger partial charge in [-0.2, -0.15) is 0 Å². The van der Waals surface area contributed by atoms with E-state index in [2.05, 4.69) is 41.9 Å². The number of piperazine rings is 1. The van der Waals surface area contributed by atoms with E-state index in [-0.39, 0.29) is 22.4 Å². The number of oxime groups is 1. The third-order valence-electron chi connectivity index (χ3n) is 11.8. The molecule has 0 radical (unpaired) electrons. The van der Waals surface area contributed by atoms with E-state index >= 15 is 0 Å². The van der Waals surface area contributed by atoms with Crippen LogP contribution < -0.4 is 5.63 Å². The van der Waals surface area contributed by atoms with Crippen molar-refractivity contribution >= 4 is 5.71 Å². The Morgan fingerprint density at radius 1 is 1.05 bits per heavy atom. The van der Waals surface area contributed by atoms with E-state index in [1.165, 1.54) is 11.6 Å². The fourth-order valence-electron chi connectivity index (χ4n) is 9.27. The van der Waals surface area contributed by atoms with Crippen molar-refractivity contribution in [2.45, 2.75) is 83.2 Å². The molecule has 6 atom stereocenters. The lowest BCUT2D eigenvalue weighted by Crippen LogP contribution is -2.60. The van der Waals surface area contributed by atoms with Gasteiger partial charge in [0.2, 0.25) is 0 Å². The predicted octanol–water partition coefficient (Wildman–Crippen LogP) is 4.81. The maximum atomic E-state index is 12.4. The van der Waals surface area contributed by atoms with Gasteiger partial charge in [0.1, 0.15) is 6.61 Å². The monoisotopic (exact) mass is 537 g/mol. The Morgan fingerprint density at radius 3 is 2.64 bits per heavy atom. The van der Waals surface area contributed by atoms with E-state index in [4.69, 9.17) is 9.25 Å². The molecule has 0 aromatic carbocycles. The van der Waals surface area contributed by atoms with Gasteiger partial charge < -0.3 is 24.2 Å². The average molecular weight is 538 g/mol. The molecule has 2 heterocycles. The molecule has 1 saturated heterocycles. The second-order valence-electron chi connectivity index (χ2n) is 13.6. The van der Waals surface area contributed by atoms with Crippen molar-refractivity contribution in [3.63, 3.8) is 0 Å². The molecule has 0 spiro atoms. The summed E-state index contributed by atoms with van der Waals surface area (Å²) in [7, 11) is 2.19. The lowest BCUT2D eigenvalue weighted by molar-refractivity contribution is -0.176. The molecule has 3 saturated carbocycles. The van der Waals surface area contributed by atoms with Crippen molar-refractivity contribution < 1.29 is 14.4 Å². The number of nitrogens with zero attached hydrogens (tertiary/aromatic N) is 3. The Hall–Kier alpha value is -1.96. The van der Waals surface area contributed by atoms with Crippen LogP contribution in [0.5, 0.6) is 0 Å². The van der Waals surface area contributed by atoms with Gasteiger partial charge in [0, 0.05) is 44.2 Å². The Morgan fingerprint density at radius 2 is 1.87 bits per heavy atom. The van der Waals surface area contributed by atoms with Crippen LogP contribution in [0.3, 0.4) is 0 Å². The zero-order valence-electron chi connectivity index (χ0n) is 24.2. The van der Waals surface area contributed by atoms with E-state index < -0.39 is 5.60 Å². The first-order valence-corrected chi connectivity index (χ1v) is 15.3. The predicted molar refractivity (Wildman–Crippen MR) is 153 cm³/mol. The smallest absolute Gasteiger partial charge is 0.335 e. The van der Waals surface area contributed by atoms with Crippen LogP contribution in [0.25, 0.3) is 0 Å². The minimum Gasteiger partial charge on any atom is -0.431 e. The molecule has 1 aromatic rings. The maximum absolute atomic E-state index is 12.4. The molecule has 7 heteroatoms. The molecule has 1 N–H and O–H groups in total. The third kappa shape index (κ3) is 4.72. The zero-order valence-corrected chi connectivity index (χ0v) is 24.2. The van der Waals surface area contributed by atoms with Gasteiger partial charge in [-0.3, -0.25) is 0 Å². The summed E-state index contributed by atoms with van der Waals surface area (Å²) in [5, 5.41) is 17.0. The SMILES string of the molecule is CN1CCN(CCCO/N=C2/C=C3CCC4C(CC[C@]5(C)[C@@H](c6ccc(=O)oc6)CC[C@]45O)[C@@]3(C)CC2)CC1. The lowest BCUT2D eigenvalue weighted by Gasteiger charge is -2.61. The van der Waals surface area contributed by atoms with E-state index in [0.29, 0.717) is 18.4 Å². The molecule has 0 bridgehead atoms. The topological polar surface area (TPSA) is 78.5 Å². The van der Waals surface area contributed by atoms with Crippen LogP contribution in [0.1, 0.15) is 83.1 Å². The second-order valence-corrected chi connectivity index (χ2v) is 13.6. The number of allylic oxidation sites excluding steroid dienone is 2. The summed E-state index contributed by atoms with van der Waals surface area (Å²) < 4.78 is 5.23. The van der Waals surface area contributed by atoms with Crippen LogP contribution in [-0.2, 0) is 4.84 Å². The minimum atomic E-state index is -0.674. The van der Waals surface area contributed by atoms with Crippen molar-refractivity contribution in [2.24, 2.45) is 27.8 Å². The summed E-state index contributed by atoms with van der Waals surface area (Å²) in [6.07, 6.45) is 13.0. The molecule has 4 aliphatic carbocycles. The Labute approximate surface area is 233 Å². The first-order chi connectivity index (χ1) is 18.7. The van der Waals surface area contributed by atoms with E-state index in [1.807, 2.05) is 6.07 Å². The molecule has 6 rings (SSSR count). The molecule has 39 heavy (non-hydrogen) atoms. The van der Waals surface area contributed by atoms with Crippen LogP contribution in [0.2, 0.25) is 0 Å². The highest BCUT2D eigenvalue weighted by Crippen LogP contribution is 2.69. The van der Waals surface area contributed by atoms with Gasteiger partial charge >= 0.3 is 5.63 Å². The van der Waals surface area contributed by atoms with Crippen LogP contribution in [-0.4, -0.2) is 72.6 Å². The molecule has 5 aliphatic rings. The van der Waals surface area contributed by atoms with Crippen LogP contribution in [0.15, 0.2) is 44.4 Å². The van der Waals surface area contributed by atoms with Gasteiger partial charge in [-0.25, -0.2) is 4.79 Å². The van der Waals surface area contributed by atoms with Gasteiger partial charge in [0.25, 0.3) is 0 Å². The highest BCUT2D eigenvalue weighted by Gasteiger charge is 2.66. The van der Waals surface area contributed by atoms with Crippen LogP contribution in [0, 0.1) is 22.7 Å². The fraction of sp³-hybridized carbons (Fsp3) is 0.750. The highest BCUT2D eigenvalue weighted by molar-refractivity contribution is 5.96. The summed E-state index contributed by atoms with van der Waals surface area (Å²) >= 11 is 0. The van der Waals surface area contributed by atoms with Crippen molar-refractivity contribution in [1.82, 2.24) is 9.80 Å². The first kappa shape index (κ1) is 27.2. The largest absolute Gasteiger partial charge is 0.431 e. The normalized spacial score (nSPS) is 40.1. The minimum absolute atomic E-state index is 0.123. The summed E-state index contributed by atoms with van der Waals surface area (Å²) in [5.74, 6) is 1.04. The number of hydrogen-bond acceptors (Lipinski definition) is 7. The number of likely N-dealkylation sites (N-methyl/N-ethyl adjacent to an activating group) is 1. The third-order valence-corrected chi connectivity index (χ3v) is 11.8. The van der Waals surface area contributed by atoms with Gasteiger partial charge in [0.15, 0.2) is 0 Å². The summed E-state index contributed by atoms with van der Waals surface area (Å²) in [4.78, 5) is 22.3. The number of fused-ring (bicyclic) bond motifs is 5. The molecule has 1 aromatic heterocycles. The molecule has 7 nitrogen and oxygen atoms in total. The van der Waals surface area contributed by atoms with Gasteiger partial charge in [0.05, 0.1) is 17.6 Å². The van der Waals surface area contributed by atoms with Crippen molar-refractivity contribution in [2.75, 3.05) is 46.4 Å². The quantitative estimate of drug-likeness (QED) is 0.415. The maximum Gasteiger partial charge on any atom is 0.335 e. The molecular formula is C32H47N3O4. The fourth-order valence-corrected chi connectivity index (χ4v) is 9.27. The number of rotatable bonds is 6. The number of hydrogen-bond donors (Lipinski definition) is 1. The Balaban J connectivity index is 1.10. The van der Waals surface area contributed by atoms with Gasteiger partial charge in [-0.15, -0.1) is 0 Å². The summed E-state index contributed by atoms with van der Waals surface area (Å²) in [6.45, 7) is 11.1. The first-order valence-electron chi connectivity index (χ1n) is 15.3. The van der Waals surface area contributed by atoms with Crippen LogP contribution in [0.4, 0.5) is 0 Å². The molecule has 0 amide bonds. The molecule has 2 unspecified atom stereocenters. The van der Waals surface area contributed by atoms with E-state index in [1.54, 1.807) is 6.26 Å². The standard InChI is InChI=1S/C32H47N3O4/c1-30-12-9-25(33-39-20-4-15-35-18-16-34(3)17-19-35)21-24(30)6-7-28-27(30)10-13-31(2)26(11-14-32(28,31)37)23-5-8-29(36)38-22-23/h5,8,21-22,26-28,37H,4,6-7,9-20H2,1-3H3/b33-25+/t26-,27?,28?,30+,31-,32+/m1/s1. The Kier molecular flexibility index (Phi) is 7.30. The van der Waals surface area contributed by atoms with Crippen molar-refractivity contribution in [3.05, 3.63) is 46.0 Å². The van der Waals surface area contributed by atoms with Gasteiger partial charge in [-0.05, 0) is 106 Å². The second kappa shape index (κ2) is 10.5. The lowest BCUT2D eigenvalue weighted by atomic mass is 9.45. The van der Waals surface area contributed by atoms with Gasteiger partial charge in [-0.1, -0.05) is 24.6 Å². The van der Waals surface area contributed by atoms with E-state index in [0.717, 1.165) is 102 Å². The number of aliphatic hydroxyl groups is 1. The zero-order chi connectivity index (χ0) is 27.3. The van der Waals surface area contributed by atoms with E-state index in [9.17, 15) is 9.90 Å². The Bertz CT molecular complexity index is 1150. The van der Waals surface area contributed by atoms with Crippen molar-refractivity contribution in [1.29, 1.82) is 0 Å².